The van der Waals surface area contributed by atoms with Crippen molar-refractivity contribution in [2.24, 2.45) is 0 Å². The van der Waals surface area contributed by atoms with Gasteiger partial charge in [0.1, 0.15) is 0 Å². The fraction of sp³-hybridized carbons (Fsp3) is 0.833. The molecular weight excluding hydrogens is 204 g/mol. The molecule has 91 valence electrons. The van der Waals surface area contributed by atoms with Gasteiger partial charge in [-0.1, -0.05) is 32.1 Å². The zero-order valence-electron chi connectivity index (χ0n) is 9.76. The second-order valence-electron chi connectivity index (χ2n) is 4.34. The average molecular weight is 225 g/mol. The summed E-state index contributed by atoms with van der Waals surface area (Å²) in [5.74, 6) is -0.120. The number of carbonyl (C=O) groups is 1. The Morgan fingerprint density at radius 1 is 1.12 bits per heavy atom. The van der Waals surface area contributed by atoms with Crippen molar-refractivity contribution in [3.8, 4) is 0 Å². The lowest BCUT2D eigenvalue weighted by Crippen LogP contribution is -2.39. The normalized spacial score (nSPS) is 18.5. The van der Waals surface area contributed by atoms with E-state index in [0.717, 1.165) is 12.8 Å². The van der Waals surface area contributed by atoms with Gasteiger partial charge < -0.3 is 10.6 Å². The van der Waals surface area contributed by atoms with E-state index < -0.39 is 0 Å². The Morgan fingerprint density at radius 2 is 1.75 bits per heavy atom. The molecule has 1 rings (SSSR count). The third kappa shape index (κ3) is 5.85. The minimum absolute atomic E-state index is 0.00875. The van der Waals surface area contributed by atoms with Crippen LogP contribution in [0, 0.1) is 0 Å². The van der Waals surface area contributed by atoms with Gasteiger partial charge in [-0.3, -0.25) is 9.59 Å². The third-order valence-corrected chi connectivity index (χ3v) is 3.01. The first-order valence-corrected chi connectivity index (χ1v) is 6.18. The number of hydrogen-bond donors (Lipinski definition) is 2. The molecule has 0 spiro atoms. The Kier molecular flexibility index (Phi) is 6.81. The highest BCUT2D eigenvalue weighted by molar-refractivity contribution is 5.80. The summed E-state index contributed by atoms with van der Waals surface area (Å²) in [4.78, 5) is 21.2. The van der Waals surface area contributed by atoms with E-state index in [9.17, 15) is 9.59 Å². The summed E-state index contributed by atoms with van der Waals surface area (Å²) >= 11 is 0. The van der Waals surface area contributed by atoms with E-state index in [4.69, 9.17) is 0 Å². The zero-order valence-corrected chi connectivity index (χ0v) is 9.76. The molecule has 0 aromatic heterocycles. The van der Waals surface area contributed by atoms with Crippen LogP contribution in [-0.4, -0.2) is 31.3 Å². The van der Waals surface area contributed by atoms with E-state index in [0.29, 0.717) is 12.6 Å². The van der Waals surface area contributed by atoms with Crippen LogP contribution >= 0.6 is 0 Å². The van der Waals surface area contributed by atoms with Gasteiger partial charge in [0.25, 0.3) is 0 Å². The molecule has 0 atom stereocenters. The van der Waals surface area contributed by atoms with E-state index in [1.165, 1.54) is 32.1 Å². The van der Waals surface area contributed by atoms with Gasteiger partial charge in [0.15, 0.2) is 0 Å². The molecule has 16 heavy (non-hydrogen) atoms. The highest BCUT2D eigenvalue weighted by atomic mass is 16.2. The number of nitrogens with one attached hydrogen (secondary N) is 2. The van der Waals surface area contributed by atoms with Crippen molar-refractivity contribution < 1.29 is 9.59 Å². The number of rotatable bonds is 5. The molecule has 1 saturated carbocycles. The van der Waals surface area contributed by atoms with E-state index >= 15 is 0 Å². The fourth-order valence-corrected chi connectivity index (χ4v) is 2.09. The largest absolute Gasteiger partial charge is 0.347 e. The molecular formula is C12H21N2O2. The monoisotopic (exact) mass is 225 g/mol. The molecule has 1 radical (unpaired) electrons. The van der Waals surface area contributed by atoms with Crippen molar-refractivity contribution in [1.29, 1.82) is 0 Å². The lowest BCUT2D eigenvalue weighted by Gasteiger charge is -2.20. The SMILES string of the molecule is O=[C]CNC(=O)CNC1CCCCCCC1. The molecule has 0 heterocycles. The molecule has 4 nitrogen and oxygen atoms in total. The molecule has 0 unspecified atom stereocenters. The van der Waals surface area contributed by atoms with Gasteiger partial charge in [-0.2, -0.15) is 0 Å². The summed E-state index contributed by atoms with van der Waals surface area (Å²) in [6.07, 6.45) is 10.4. The zero-order chi connectivity index (χ0) is 11.6. The summed E-state index contributed by atoms with van der Waals surface area (Å²) in [7, 11) is 0. The summed E-state index contributed by atoms with van der Waals surface area (Å²) in [5, 5.41) is 5.73. The predicted molar refractivity (Wildman–Crippen MR) is 62.8 cm³/mol. The standard InChI is InChI=1S/C12H21N2O2/c15-9-8-13-12(16)10-14-11-6-4-2-1-3-5-7-11/h11,14H,1-8,10H2,(H,13,16). The van der Waals surface area contributed by atoms with E-state index in [-0.39, 0.29) is 12.5 Å². The van der Waals surface area contributed by atoms with Gasteiger partial charge in [-0.05, 0) is 12.8 Å². The number of hydrogen-bond acceptors (Lipinski definition) is 3. The van der Waals surface area contributed by atoms with Crippen LogP contribution in [0.2, 0.25) is 0 Å². The van der Waals surface area contributed by atoms with Crippen molar-refractivity contribution in [2.75, 3.05) is 13.1 Å². The molecule has 2 N–H and O–H groups in total. The second-order valence-corrected chi connectivity index (χ2v) is 4.34. The Bertz CT molecular complexity index is 211. The first-order chi connectivity index (χ1) is 7.83. The number of carbonyl (C=O) groups excluding carboxylic acids is 2. The molecule has 1 aliphatic carbocycles. The minimum Gasteiger partial charge on any atom is -0.347 e. The van der Waals surface area contributed by atoms with Gasteiger partial charge in [-0.15, -0.1) is 0 Å². The van der Waals surface area contributed by atoms with Crippen molar-refractivity contribution in [3.05, 3.63) is 0 Å². The van der Waals surface area contributed by atoms with Gasteiger partial charge in [-0.25, -0.2) is 0 Å². The Labute approximate surface area is 97.2 Å². The summed E-state index contributed by atoms with van der Waals surface area (Å²) in [5.41, 5.74) is 0. The fourth-order valence-electron chi connectivity index (χ4n) is 2.09. The molecule has 0 saturated heterocycles. The van der Waals surface area contributed by atoms with Gasteiger partial charge in [0.2, 0.25) is 12.2 Å². The lowest BCUT2D eigenvalue weighted by molar-refractivity contribution is -0.120. The highest BCUT2D eigenvalue weighted by Crippen LogP contribution is 2.16. The summed E-state index contributed by atoms with van der Waals surface area (Å²) < 4.78 is 0. The van der Waals surface area contributed by atoms with E-state index in [1.807, 2.05) is 0 Å². The van der Waals surface area contributed by atoms with Crippen molar-refractivity contribution >= 4 is 12.2 Å². The maximum atomic E-state index is 11.2. The van der Waals surface area contributed by atoms with Crippen LogP contribution in [0.3, 0.4) is 0 Å². The van der Waals surface area contributed by atoms with Gasteiger partial charge >= 0.3 is 0 Å². The molecule has 0 aromatic carbocycles. The summed E-state index contributed by atoms with van der Waals surface area (Å²) in [6, 6.07) is 0.464. The molecule has 1 aliphatic rings. The molecule has 0 aliphatic heterocycles. The Balaban J connectivity index is 2.13. The van der Waals surface area contributed by atoms with Gasteiger partial charge in [0, 0.05) is 6.04 Å². The maximum absolute atomic E-state index is 11.2. The maximum Gasteiger partial charge on any atom is 0.234 e. The van der Waals surface area contributed by atoms with Crippen molar-refractivity contribution in [3.63, 3.8) is 0 Å². The summed E-state index contributed by atoms with van der Waals surface area (Å²) in [6.45, 7) is 0.303. The molecule has 0 bridgehead atoms. The Morgan fingerprint density at radius 3 is 2.38 bits per heavy atom. The van der Waals surface area contributed by atoms with Crippen LogP contribution in [-0.2, 0) is 9.59 Å². The Hall–Kier alpha value is -0.900. The predicted octanol–water partition coefficient (Wildman–Crippen LogP) is 0.915. The molecule has 1 fully saturated rings. The average Bonchev–Trinajstić information content (AvgIpc) is 2.25. The third-order valence-electron chi connectivity index (χ3n) is 3.01. The second kappa shape index (κ2) is 8.28. The first kappa shape index (κ1) is 13.2. The van der Waals surface area contributed by atoms with Crippen LogP contribution in [0.1, 0.15) is 44.9 Å². The van der Waals surface area contributed by atoms with E-state index in [2.05, 4.69) is 10.6 Å². The van der Waals surface area contributed by atoms with Crippen molar-refractivity contribution in [2.45, 2.75) is 51.0 Å². The van der Waals surface area contributed by atoms with Crippen LogP contribution in [0.15, 0.2) is 0 Å². The molecule has 1 amide bonds. The minimum atomic E-state index is -0.120. The topological polar surface area (TPSA) is 58.2 Å². The first-order valence-electron chi connectivity index (χ1n) is 6.18. The van der Waals surface area contributed by atoms with Crippen LogP contribution in [0.25, 0.3) is 0 Å². The quantitative estimate of drug-likeness (QED) is 0.731. The van der Waals surface area contributed by atoms with Crippen LogP contribution in [0.4, 0.5) is 0 Å². The highest BCUT2D eigenvalue weighted by Gasteiger charge is 2.11. The smallest absolute Gasteiger partial charge is 0.234 e. The molecule has 0 aromatic rings. The van der Waals surface area contributed by atoms with Gasteiger partial charge in [0.05, 0.1) is 13.1 Å². The molecule has 4 heteroatoms. The van der Waals surface area contributed by atoms with Crippen molar-refractivity contribution in [1.82, 2.24) is 10.6 Å². The van der Waals surface area contributed by atoms with Crippen LogP contribution < -0.4 is 10.6 Å². The number of amides is 1. The van der Waals surface area contributed by atoms with E-state index in [1.54, 1.807) is 6.29 Å². The van der Waals surface area contributed by atoms with Crippen LogP contribution in [0.5, 0.6) is 0 Å². The lowest BCUT2D eigenvalue weighted by atomic mass is 9.97.